The molecule has 1 amide bonds. The van der Waals surface area contributed by atoms with Crippen LogP contribution in [0, 0.1) is 0 Å². The molecular weight excluding hydrogens is 397 g/mol. The molecule has 1 aliphatic rings. The summed E-state index contributed by atoms with van der Waals surface area (Å²) in [6, 6.07) is 4.81. The predicted molar refractivity (Wildman–Crippen MR) is 103 cm³/mol. The third kappa shape index (κ3) is 5.33. The van der Waals surface area contributed by atoms with Gasteiger partial charge in [0.25, 0.3) is 5.91 Å². The van der Waals surface area contributed by atoms with Crippen molar-refractivity contribution in [1.82, 2.24) is 9.62 Å². The van der Waals surface area contributed by atoms with Crippen molar-refractivity contribution in [3.8, 4) is 0 Å². The number of nitrogens with one attached hydrogen (secondary N) is 2. The maximum atomic E-state index is 12.8. The van der Waals surface area contributed by atoms with Crippen molar-refractivity contribution in [3.63, 3.8) is 0 Å². The summed E-state index contributed by atoms with van der Waals surface area (Å²) in [6.45, 7) is 6.23. The Kier molecular flexibility index (Phi) is 7.73. The van der Waals surface area contributed by atoms with Gasteiger partial charge in [-0.25, -0.2) is 8.42 Å². The van der Waals surface area contributed by atoms with E-state index in [1.165, 1.54) is 16.4 Å². The minimum Gasteiger partial charge on any atom is -0.349 e. The lowest BCUT2D eigenvalue weighted by Gasteiger charge is -2.31. The van der Waals surface area contributed by atoms with E-state index in [0.29, 0.717) is 32.7 Å². The van der Waals surface area contributed by atoms with Crippen LogP contribution in [0.4, 0.5) is 0 Å². The van der Waals surface area contributed by atoms with Crippen LogP contribution >= 0.6 is 23.2 Å². The number of hydrogen-bond acceptors (Lipinski definition) is 3. The maximum absolute atomic E-state index is 12.8. The van der Waals surface area contributed by atoms with Crippen LogP contribution in [-0.4, -0.2) is 57.4 Å². The molecule has 0 saturated carbocycles. The normalized spacial score (nSPS) is 17.8. The van der Waals surface area contributed by atoms with Gasteiger partial charge in [-0.1, -0.05) is 42.6 Å². The van der Waals surface area contributed by atoms with Crippen LogP contribution < -0.4 is 10.2 Å². The number of piperazine rings is 1. The quantitative estimate of drug-likeness (QED) is 0.692. The van der Waals surface area contributed by atoms with Gasteiger partial charge in [-0.2, -0.15) is 4.31 Å². The lowest BCUT2D eigenvalue weighted by molar-refractivity contribution is -0.895. The maximum Gasteiger partial charge on any atom is 0.275 e. The fourth-order valence-corrected chi connectivity index (χ4v) is 5.67. The third-order valence-corrected chi connectivity index (χ3v) is 7.34. The first-order valence-corrected chi connectivity index (χ1v) is 11.0. The molecule has 1 saturated heterocycles. The Morgan fingerprint density at radius 1 is 1.27 bits per heavy atom. The molecule has 1 aromatic carbocycles. The molecule has 1 fully saturated rings. The van der Waals surface area contributed by atoms with Crippen molar-refractivity contribution >= 4 is 39.1 Å². The van der Waals surface area contributed by atoms with Gasteiger partial charge in [-0.3, -0.25) is 4.79 Å². The lowest BCUT2D eigenvalue weighted by atomic mass is 10.2. The minimum absolute atomic E-state index is 0.00593. The molecule has 1 aromatic rings. The molecule has 0 bridgehead atoms. The Balaban J connectivity index is 1.95. The number of sulfonamides is 1. The zero-order chi connectivity index (χ0) is 19.3. The van der Waals surface area contributed by atoms with Crippen LogP contribution in [0.5, 0.6) is 0 Å². The molecule has 6 nitrogen and oxygen atoms in total. The standard InChI is InChI=1S/C17H25Cl2N3O3S/c1-3-5-13(2)20-16(23)12-21-8-10-22(11-9-21)26(24,25)17-14(18)6-4-7-15(17)19/h4,6-7,13H,3,5,8-12H2,1-2H3,(H,20,23)/p+1/t13-/m0/s1. The van der Waals surface area contributed by atoms with E-state index in [4.69, 9.17) is 23.2 Å². The van der Waals surface area contributed by atoms with Gasteiger partial charge >= 0.3 is 0 Å². The van der Waals surface area contributed by atoms with E-state index in [9.17, 15) is 13.2 Å². The zero-order valence-corrected chi connectivity index (χ0v) is 17.4. The van der Waals surface area contributed by atoms with E-state index in [1.54, 1.807) is 6.07 Å². The van der Waals surface area contributed by atoms with E-state index in [0.717, 1.165) is 17.7 Å². The minimum atomic E-state index is -3.75. The Labute approximate surface area is 165 Å². The molecule has 146 valence electrons. The van der Waals surface area contributed by atoms with Crippen molar-refractivity contribution in [1.29, 1.82) is 0 Å². The van der Waals surface area contributed by atoms with Crippen LogP contribution in [0.25, 0.3) is 0 Å². The zero-order valence-electron chi connectivity index (χ0n) is 15.1. The Hall–Kier alpha value is -0.860. The van der Waals surface area contributed by atoms with Crippen molar-refractivity contribution < 1.29 is 18.1 Å². The summed E-state index contributed by atoms with van der Waals surface area (Å²) < 4.78 is 27.1. The van der Waals surface area contributed by atoms with Crippen LogP contribution in [0.1, 0.15) is 26.7 Å². The summed E-state index contributed by atoms with van der Waals surface area (Å²) in [7, 11) is -3.75. The topological polar surface area (TPSA) is 70.9 Å². The number of nitrogens with zero attached hydrogens (tertiary/aromatic N) is 1. The number of halogens is 2. The fraction of sp³-hybridized carbons (Fsp3) is 0.588. The first-order valence-electron chi connectivity index (χ1n) is 8.82. The van der Waals surface area contributed by atoms with Gasteiger partial charge in [-0.15, -0.1) is 0 Å². The average Bonchev–Trinajstić information content (AvgIpc) is 2.55. The molecule has 0 radical (unpaired) electrons. The highest BCUT2D eigenvalue weighted by Gasteiger charge is 2.33. The highest BCUT2D eigenvalue weighted by Crippen LogP contribution is 2.31. The van der Waals surface area contributed by atoms with Crippen LogP contribution in [0.2, 0.25) is 10.0 Å². The molecule has 26 heavy (non-hydrogen) atoms. The smallest absolute Gasteiger partial charge is 0.275 e. The molecule has 0 aromatic heterocycles. The molecule has 0 spiro atoms. The molecule has 1 heterocycles. The largest absolute Gasteiger partial charge is 0.349 e. The molecule has 2 rings (SSSR count). The van der Waals surface area contributed by atoms with E-state index >= 15 is 0 Å². The molecule has 2 N–H and O–H groups in total. The highest BCUT2D eigenvalue weighted by atomic mass is 35.5. The van der Waals surface area contributed by atoms with Crippen molar-refractivity contribution in [3.05, 3.63) is 28.2 Å². The van der Waals surface area contributed by atoms with E-state index in [1.807, 2.05) is 6.92 Å². The summed E-state index contributed by atoms with van der Waals surface area (Å²) in [4.78, 5) is 13.1. The Morgan fingerprint density at radius 2 is 1.85 bits per heavy atom. The van der Waals surface area contributed by atoms with Crippen LogP contribution in [0.3, 0.4) is 0 Å². The summed E-state index contributed by atoms with van der Waals surface area (Å²) in [5.74, 6) is 0.00593. The molecule has 1 atom stereocenters. The second-order valence-electron chi connectivity index (χ2n) is 6.64. The van der Waals surface area contributed by atoms with Crippen LogP contribution in [0.15, 0.2) is 23.1 Å². The van der Waals surface area contributed by atoms with Gasteiger partial charge < -0.3 is 10.2 Å². The molecule has 1 aliphatic heterocycles. The summed E-state index contributed by atoms with van der Waals surface area (Å²) >= 11 is 12.1. The number of carbonyl (C=O) groups excluding carboxylic acids is 1. The number of benzene rings is 1. The second kappa shape index (κ2) is 9.37. The first-order chi connectivity index (χ1) is 12.3. The first kappa shape index (κ1) is 21.4. The highest BCUT2D eigenvalue weighted by molar-refractivity contribution is 7.89. The monoisotopic (exact) mass is 422 g/mol. The predicted octanol–water partition coefficient (Wildman–Crippen LogP) is 1.19. The Bertz CT molecular complexity index is 715. The number of amides is 1. The molecule has 0 unspecified atom stereocenters. The van der Waals surface area contributed by atoms with Crippen molar-refractivity contribution in [2.45, 2.75) is 37.6 Å². The van der Waals surface area contributed by atoms with Gasteiger partial charge in [0, 0.05) is 6.04 Å². The average molecular weight is 423 g/mol. The third-order valence-electron chi connectivity index (χ3n) is 4.49. The summed E-state index contributed by atoms with van der Waals surface area (Å²) in [5.41, 5.74) is 0. The van der Waals surface area contributed by atoms with Gasteiger partial charge in [0.2, 0.25) is 10.0 Å². The number of carbonyl (C=O) groups is 1. The Morgan fingerprint density at radius 3 is 2.38 bits per heavy atom. The summed E-state index contributed by atoms with van der Waals surface area (Å²) in [6.07, 6.45) is 1.97. The number of quaternary nitrogens is 1. The molecule has 0 aliphatic carbocycles. The van der Waals surface area contributed by atoms with E-state index < -0.39 is 10.0 Å². The number of hydrogen-bond donors (Lipinski definition) is 2. The second-order valence-corrected chi connectivity index (χ2v) is 9.33. The molecule has 9 heteroatoms. The van der Waals surface area contributed by atoms with Crippen molar-refractivity contribution in [2.75, 3.05) is 32.7 Å². The molecular formula is C17H26Cl2N3O3S+. The number of rotatable bonds is 7. The van der Waals surface area contributed by atoms with Gasteiger partial charge in [0.1, 0.15) is 4.90 Å². The van der Waals surface area contributed by atoms with Crippen LogP contribution in [-0.2, 0) is 14.8 Å². The van der Waals surface area contributed by atoms with Gasteiger partial charge in [0.05, 0.1) is 36.2 Å². The summed E-state index contributed by atoms with van der Waals surface area (Å²) in [5, 5.41) is 3.23. The van der Waals surface area contributed by atoms with E-state index in [2.05, 4.69) is 12.2 Å². The van der Waals surface area contributed by atoms with Crippen molar-refractivity contribution in [2.24, 2.45) is 0 Å². The van der Waals surface area contributed by atoms with Gasteiger partial charge in [0.15, 0.2) is 6.54 Å². The SMILES string of the molecule is CCC[C@H](C)NC(=O)C[NH+]1CCN(S(=O)(=O)c2c(Cl)cccc2Cl)CC1. The fourth-order valence-electron chi connectivity index (χ4n) is 3.14. The van der Waals surface area contributed by atoms with E-state index in [-0.39, 0.29) is 26.9 Å². The lowest BCUT2D eigenvalue weighted by Crippen LogP contribution is -3.15. The van der Waals surface area contributed by atoms with Gasteiger partial charge in [-0.05, 0) is 25.5 Å².